The van der Waals surface area contributed by atoms with Crippen LogP contribution in [0.3, 0.4) is 0 Å². The van der Waals surface area contributed by atoms with Gasteiger partial charge < -0.3 is 15.3 Å². The summed E-state index contributed by atoms with van der Waals surface area (Å²) in [6, 6.07) is 7.59. The van der Waals surface area contributed by atoms with Gasteiger partial charge in [0.1, 0.15) is 6.04 Å². The van der Waals surface area contributed by atoms with E-state index in [1.165, 1.54) is 5.56 Å². The van der Waals surface area contributed by atoms with E-state index in [2.05, 4.69) is 5.32 Å². The van der Waals surface area contributed by atoms with E-state index in [4.69, 9.17) is 5.11 Å². The zero-order valence-corrected chi connectivity index (χ0v) is 13.2. The number of carbonyl (C=O) groups is 2. The fourth-order valence-corrected chi connectivity index (χ4v) is 2.55. The Morgan fingerprint density at radius 2 is 2.09 bits per heavy atom. The Kier molecular flexibility index (Phi) is 5.55. The van der Waals surface area contributed by atoms with Crippen molar-refractivity contribution in [3.63, 3.8) is 0 Å². The van der Waals surface area contributed by atoms with Gasteiger partial charge in [0.05, 0.1) is 0 Å². The average Bonchev–Trinajstić information content (AvgIpc) is 2.88. The van der Waals surface area contributed by atoms with E-state index in [0.717, 1.165) is 5.56 Å². The van der Waals surface area contributed by atoms with Crippen molar-refractivity contribution < 1.29 is 14.7 Å². The molecule has 0 aliphatic carbocycles. The van der Waals surface area contributed by atoms with Crippen LogP contribution >= 0.6 is 0 Å². The third kappa shape index (κ3) is 4.07. The first kappa shape index (κ1) is 16.5. The lowest BCUT2D eigenvalue weighted by Crippen LogP contribution is -2.45. The van der Waals surface area contributed by atoms with Crippen molar-refractivity contribution in [2.24, 2.45) is 5.92 Å². The summed E-state index contributed by atoms with van der Waals surface area (Å²) in [7, 11) is 0. The van der Waals surface area contributed by atoms with Crippen LogP contribution in [-0.2, 0) is 16.1 Å². The van der Waals surface area contributed by atoms with E-state index >= 15 is 0 Å². The van der Waals surface area contributed by atoms with Crippen LogP contribution in [0, 0.1) is 12.8 Å². The van der Waals surface area contributed by atoms with E-state index in [0.29, 0.717) is 25.9 Å². The van der Waals surface area contributed by atoms with Gasteiger partial charge in [-0.05, 0) is 24.8 Å². The molecular weight excluding hydrogens is 280 g/mol. The highest BCUT2D eigenvalue weighted by Crippen LogP contribution is 2.22. The summed E-state index contributed by atoms with van der Waals surface area (Å²) in [5.41, 5.74) is 2.20. The number of benzene rings is 1. The first-order valence-electron chi connectivity index (χ1n) is 7.75. The lowest BCUT2D eigenvalue weighted by Gasteiger charge is -2.24. The van der Waals surface area contributed by atoms with Gasteiger partial charge in [-0.3, -0.25) is 9.59 Å². The van der Waals surface area contributed by atoms with Gasteiger partial charge in [-0.15, -0.1) is 0 Å². The Morgan fingerprint density at radius 3 is 2.73 bits per heavy atom. The highest BCUT2D eigenvalue weighted by atomic mass is 16.3. The van der Waals surface area contributed by atoms with Crippen molar-refractivity contribution in [3.8, 4) is 0 Å². The molecule has 1 saturated heterocycles. The molecule has 120 valence electrons. The molecule has 2 amide bonds. The molecule has 1 aliphatic heterocycles. The highest BCUT2D eigenvalue weighted by Gasteiger charge is 2.35. The van der Waals surface area contributed by atoms with Gasteiger partial charge in [0, 0.05) is 26.1 Å². The molecule has 0 saturated carbocycles. The monoisotopic (exact) mass is 304 g/mol. The zero-order chi connectivity index (χ0) is 16.1. The van der Waals surface area contributed by atoms with Gasteiger partial charge in [0.2, 0.25) is 11.8 Å². The van der Waals surface area contributed by atoms with Crippen LogP contribution in [0.25, 0.3) is 0 Å². The molecule has 2 unspecified atom stereocenters. The summed E-state index contributed by atoms with van der Waals surface area (Å²) in [6.07, 6.45) is 0.976. The van der Waals surface area contributed by atoms with E-state index in [1.54, 1.807) is 4.90 Å². The molecule has 2 rings (SSSR count). The minimum Gasteiger partial charge on any atom is -0.396 e. The smallest absolute Gasteiger partial charge is 0.242 e. The third-order valence-corrected chi connectivity index (χ3v) is 4.04. The summed E-state index contributed by atoms with van der Waals surface area (Å²) in [4.78, 5) is 26.0. The molecule has 0 radical (unpaired) electrons. The van der Waals surface area contributed by atoms with Gasteiger partial charge >= 0.3 is 0 Å². The van der Waals surface area contributed by atoms with Crippen molar-refractivity contribution >= 4 is 11.8 Å². The number of hydrogen-bond donors (Lipinski definition) is 2. The maximum Gasteiger partial charge on any atom is 0.242 e. The van der Waals surface area contributed by atoms with E-state index in [9.17, 15) is 9.59 Å². The van der Waals surface area contributed by atoms with Crippen molar-refractivity contribution in [1.82, 2.24) is 10.2 Å². The number of carbonyl (C=O) groups excluding carboxylic acids is 2. The van der Waals surface area contributed by atoms with Gasteiger partial charge in [0.25, 0.3) is 0 Å². The molecule has 1 fully saturated rings. The van der Waals surface area contributed by atoms with E-state index in [1.807, 2.05) is 38.1 Å². The molecule has 22 heavy (non-hydrogen) atoms. The van der Waals surface area contributed by atoms with Crippen molar-refractivity contribution in [1.29, 1.82) is 0 Å². The third-order valence-electron chi connectivity index (χ3n) is 4.04. The molecule has 0 aromatic heterocycles. The maximum atomic E-state index is 12.3. The van der Waals surface area contributed by atoms with Crippen molar-refractivity contribution in [2.75, 3.05) is 13.2 Å². The van der Waals surface area contributed by atoms with Gasteiger partial charge in [-0.25, -0.2) is 0 Å². The Bertz CT molecular complexity index is 527. The van der Waals surface area contributed by atoms with Crippen LogP contribution in [0.1, 0.15) is 30.9 Å². The number of aliphatic hydroxyl groups is 1. The van der Waals surface area contributed by atoms with Crippen LogP contribution in [0.5, 0.6) is 0 Å². The molecule has 0 spiro atoms. The topological polar surface area (TPSA) is 69.6 Å². The standard InChI is InChI=1S/C17H24N2O3/c1-12-3-5-14(6-4-12)10-19-15(7-8-16(19)21)17(22)18-9-13(2)11-20/h3-6,13,15,20H,7-11H2,1-2H3,(H,18,22). The molecule has 5 nitrogen and oxygen atoms in total. The summed E-state index contributed by atoms with van der Waals surface area (Å²) >= 11 is 0. The van der Waals surface area contributed by atoms with Crippen LogP contribution in [0.15, 0.2) is 24.3 Å². The number of aliphatic hydroxyl groups excluding tert-OH is 1. The van der Waals surface area contributed by atoms with E-state index < -0.39 is 6.04 Å². The molecular formula is C17H24N2O3. The largest absolute Gasteiger partial charge is 0.396 e. The number of rotatable bonds is 6. The summed E-state index contributed by atoms with van der Waals surface area (Å²) in [6.45, 7) is 4.82. The number of amides is 2. The van der Waals surface area contributed by atoms with Crippen molar-refractivity contribution in [3.05, 3.63) is 35.4 Å². The number of likely N-dealkylation sites (tertiary alicyclic amines) is 1. The zero-order valence-electron chi connectivity index (χ0n) is 13.2. The van der Waals surface area contributed by atoms with Gasteiger partial charge in [0.15, 0.2) is 0 Å². The molecule has 1 aromatic rings. The second-order valence-corrected chi connectivity index (χ2v) is 6.09. The maximum absolute atomic E-state index is 12.3. The number of aryl methyl sites for hydroxylation is 1. The Hall–Kier alpha value is -1.88. The SMILES string of the molecule is Cc1ccc(CN2C(=O)CCC2C(=O)NCC(C)CO)cc1. The summed E-state index contributed by atoms with van der Waals surface area (Å²) in [5.74, 6) is -0.0826. The predicted octanol–water partition coefficient (Wildman–Crippen LogP) is 1.23. The molecule has 1 aromatic carbocycles. The lowest BCUT2D eigenvalue weighted by atomic mass is 10.1. The fraction of sp³-hybridized carbons (Fsp3) is 0.529. The van der Waals surface area contributed by atoms with Crippen LogP contribution in [-0.4, -0.2) is 41.0 Å². The summed E-state index contributed by atoms with van der Waals surface area (Å²) in [5, 5.41) is 11.8. The molecule has 2 N–H and O–H groups in total. The molecule has 1 heterocycles. The van der Waals surface area contributed by atoms with Crippen LogP contribution < -0.4 is 5.32 Å². The Labute approximate surface area is 131 Å². The average molecular weight is 304 g/mol. The predicted molar refractivity (Wildman–Crippen MR) is 84.0 cm³/mol. The highest BCUT2D eigenvalue weighted by molar-refractivity contribution is 5.90. The minimum atomic E-state index is -0.403. The first-order chi connectivity index (χ1) is 10.5. The molecule has 0 bridgehead atoms. The van der Waals surface area contributed by atoms with Crippen LogP contribution in [0.4, 0.5) is 0 Å². The van der Waals surface area contributed by atoms with Gasteiger partial charge in [-0.2, -0.15) is 0 Å². The normalized spacial score (nSPS) is 19.3. The molecule has 1 aliphatic rings. The number of hydrogen-bond acceptors (Lipinski definition) is 3. The first-order valence-corrected chi connectivity index (χ1v) is 7.75. The Balaban J connectivity index is 1.99. The summed E-state index contributed by atoms with van der Waals surface area (Å²) < 4.78 is 0. The Morgan fingerprint density at radius 1 is 1.41 bits per heavy atom. The fourth-order valence-electron chi connectivity index (χ4n) is 2.55. The number of nitrogens with zero attached hydrogens (tertiary/aromatic N) is 1. The van der Waals surface area contributed by atoms with Crippen molar-refractivity contribution in [2.45, 2.75) is 39.3 Å². The lowest BCUT2D eigenvalue weighted by molar-refractivity contribution is -0.135. The molecule has 2 atom stereocenters. The molecule has 5 heteroatoms. The quantitative estimate of drug-likeness (QED) is 0.830. The second-order valence-electron chi connectivity index (χ2n) is 6.09. The minimum absolute atomic E-state index is 0.0200. The van der Waals surface area contributed by atoms with Gasteiger partial charge in [-0.1, -0.05) is 36.8 Å². The second kappa shape index (κ2) is 7.40. The van der Waals surface area contributed by atoms with Crippen LogP contribution in [0.2, 0.25) is 0 Å². The number of nitrogens with one attached hydrogen (secondary N) is 1. The van der Waals surface area contributed by atoms with E-state index in [-0.39, 0.29) is 24.3 Å².